The molecule has 1 saturated carbocycles. The van der Waals surface area contributed by atoms with Crippen molar-refractivity contribution in [2.45, 2.75) is 38.5 Å². The zero-order valence-corrected chi connectivity index (χ0v) is 9.19. The number of aryl methyl sites for hydroxylation is 1. The minimum Gasteiger partial charge on any atom is -0.347 e. The smallest absolute Gasteiger partial charge is 0.172 e. The van der Waals surface area contributed by atoms with Gasteiger partial charge in [0.25, 0.3) is 0 Å². The highest BCUT2D eigenvalue weighted by Gasteiger charge is 2.50. The van der Waals surface area contributed by atoms with Gasteiger partial charge in [0.1, 0.15) is 0 Å². The normalized spacial score (nSPS) is 24.7. The molecule has 0 radical (unpaired) electrons. The molecule has 0 aromatic carbocycles. The van der Waals surface area contributed by atoms with Gasteiger partial charge in [-0.3, -0.25) is 4.68 Å². The average Bonchev–Trinajstić information content (AvgIpc) is 2.74. The van der Waals surface area contributed by atoms with Crippen LogP contribution in [0.3, 0.4) is 0 Å². The lowest BCUT2D eigenvalue weighted by Crippen LogP contribution is -2.46. The Morgan fingerprint density at radius 2 is 2.00 bits per heavy atom. The van der Waals surface area contributed by atoms with Crippen LogP contribution in [0.4, 0.5) is 0 Å². The molecule has 0 bridgehead atoms. The van der Waals surface area contributed by atoms with E-state index in [1.54, 1.807) is 0 Å². The minimum absolute atomic E-state index is 0.267. The molecule has 1 aromatic rings. The Bertz CT molecular complexity index is 372. The van der Waals surface area contributed by atoms with Crippen molar-refractivity contribution in [3.63, 3.8) is 0 Å². The standard InChI is InChI=1S/C11H16N2O2/c1-8-7-12-13(9(8)2)10-5-11(6-10)14-3-4-15-11/h7,10H,3-6H2,1-2H3. The van der Waals surface area contributed by atoms with Crippen LogP contribution in [0.15, 0.2) is 6.20 Å². The number of nitrogens with zero attached hydrogens (tertiary/aromatic N) is 2. The maximum atomic E-state index is 5.61. The summed E-state index contributed by atoms with van der Waals surface area (Å²) in [5.74, 6) is -0.267. The third-order valence-corrected chi connectivity index (χ3v) is 3.54. The molecular formula is C11H16N2O2. The second kappa shape index (κ2) is 3.06. The Labute approximate surface area is 89.2 Å². The van der Waals surface area contributed by atoms with Crippen LogP contribution in [-0.4, -0.2) is 28.8 Å². The maximum Gasteiger partial charge on any atom is 0.172 e. The number of rotatable bonds is 1. The lowest BCUT2D eigenvalue weighted by Gasteiger charge is -2.43. The predicted molar refractivity (Wildman–Crippen MR) is 54.6 cm³/mol. The first kappa shape index (κ1) is 9.36. The van der Waals surface area contributed by atoms with Crippen molar-refractivity contribution >= 4 is 0 Å². The average molecular weight is 208 g/mol. The summed E-state index contributed by atoms with van der Waals surface area (Å²) in [7, 11) is 0. The summed E-state index contributed by atoms with van der Waals surface area (Å²) in [6, 6.07) is 0.455. The van der Waals surface area contributed by atoms with Crippen molar-refractivity contribution in [1.29, 1.82) is 0 Å². The number of hydrogen-bond acceptors (Lipinski definition) is 3. The molecule has 0 amide bonds. The van der Waals surface area contributed by atoms with Gasteiger partial charge in [0.05, 0.1) is 25.5 Å². The van der Waals surface area contributed by atoms with Crippen LogP contribution in [0.2, 0.25) is 0 Å². The third kappa shape index (κ3) is 1.32. The molecule has 3 rings (SSSR count). The van der Waals surface area contributed by atoms with E-state index in [0.29, 0.717) is 6.04 Å². The molecule has 2 fully saturated rings. The molecule has 1 aliphatic heterocycles. The van der Waals surface area contributed by atoms with E-state index in [9.17, 15) is 0 Å². The summed E-state index contributed by atoms with van der Waals surface area (Å²) >= 11 is 0. The summed E-state index contributed by atoms with van der Waals surface area (Å²) in [6.07, 6.45) is 3.81. The highest BCUT2D eigenvalue weighted by molar-refractivity contribution is 5.15. The molecular weight excluding hydrogens is 192 g/mol. The van der Waals surface area contributed by atoms with Crippen LogP contribution in [0.25, 0.3) is 0 Å². The summed E-state index contributed by atoms with van der Waals surface area (Å²) in [5, 5.41) is 4.40. The van der Waals surface area contributed by atoms with Gasteiger partial charge in [0.15, 0.2) is 5.79 Å². The molecule has 1 aliphatic carbocycles. The summed E-state index contributed by atoms with van der Waals surface area (Å²) in [6.45, 7) is 5.69. The fourth-order valence-electron chi connectivity index (χ4n) is 2.44. The molecule has 0 unspecified atom stereocenters. The molecule has 4 nitrogen and oxygen atoms in total. The molecule has 1 saturated heterocycles. The van der Waals surface area contributed by atoms with E-state index in [1.807, 2.05) is 6.20 Å². The Morgan fingerprint density at radius 1 is 1.33 bits per heavy atom. The van der Waals surface area contributed by atoms with E-state index < -0.39 is 0 Å². The molecule has 4 heteroatoms. The van der Waals surface area contributed by atoms with Crippen molar-refractivity contribution in [2.24, 2.45) is 0 Å². The van der Waals surface area contributed by atoms with Crippen LogP contribution < -0.4 is 0 Å². The Hall–Kier alpha value is -0.870. The van der Waals surface area contributed by atoms with E-state index in [0.717, 1.165) is 26.1 Å². The number of aromatic nitrogens is 2. The van der Waals surface area contributed by atoms with Crippen molar-refractivity contribution in [3.05, 3.63) is 17.5 Å². The van der Waals surface area contributed by atoms with Crippen LogP contribution in [0.5, 0.6) is 0 Å². The van der Waals surface area contributed by atoms with Gasteiger partial charge in [-0.15, -0.1) is 0 Å². The van der Waals surface area contributed by atoms with Crippen LogP contribution >= 0.6 is 0 Å². The van der Waals surface area contributed by atoms with Gasteiger partial charge in [0.2, 0.25) is 0 Å². The van der Waals surface area contributed by atoms with Gasteiger partial charge in [-0.05, 0) is 19.4 Å². The highest BCUT2D eigenvalue weighted by atomic mass is 16.7. The van der Waals surface area contributed by atoms with Crippen LogP contribution in [-0.2, 0) is 9.47 Å². The Kier molecular flexibility index (Phi) is 1.91. The molecule has 0 N–H and O–H groups in total. The quantitative estimate of drug-likeness (QED) is 0.703. The Morgan fingerprint density at radius 3 is 2.53 bits per heavy atom. The molecule has 15 heavy (non-hydrogen) atoms. The lowest BCUT2D eigenvalue weighted by atomic mass is 9.85. The van der Waals surface area contributed by atoms with Crippen LogP contribution in [0.1, 0.15) is 30.1 Å². The van der Waals surface area contributed by atoms with Gasteiger partial charge in [0, 0.05) is 18.5 Å². The summed E-state index contributed by atoms with van der Waals surface area (Å²) in [4.78, 5) is 0. The van der Waals surface area contributed by atoms with Crippen molar-refractivity contribution in [2.75, 3.05) is 13.2 Å². The highest BCUT2D eigenvalue weighted by Crippen LogP contribution is 2.47. The van der Waals surface area contributed by atoms with E-state index in [1.165, 1.54) is 11.3 Å². The van der Waals surface area contributed by atoms with E-state index >= 15 is 0 Å². The number of ether oxygens (including phenoxy) is 2. The van der Waals surface area contributed by atoms with Gasteiger partial charge in [-0.1, -0.05) is 0 Å². The topological polar surface area (TPSA) is 36.3 Å². The second-order valence-corrected chi connectivity index (χ2v) is 4.53. The third-order valence-electron chi connectivity index (χ3n) is 3.54. The summed E-state index contributed by atoms with van der Waals surface area (Å²) < 4.78 is 13.3. The van der Waals surface area contributed by atoms with Gasteiger partial charge >= 0.3 is 0 Å². The SMILES string of the molecule is Cc1cnn(C2CC3(C2)OCCO3)c1C. The zero-order chi connectivity index (χ0) is 10.5. The predicted octanol–water partition coefficient (Wildman–Crippen LogP) is 1.58. The van der Waals surface area contributed by atoms with Gasteiger partial charge in [-0.2, -0.15) is 5.10 Å². The monoisotopic (exact) mass is 208 g/mol. The second-order valence-electron chi connectivity index (χ2n) is 4.53. The minimum atomic E-state index is -0.267. The fraction of sp³-hybridized carbons (Fsp3) is 0.727. The van der Waals surface area contributed by atoms with Crippen molar-refractivity contribution < 1.29 is 9.47 Å². The molecule has 0 atom stereocenters. The van der Waals surface area contributed by atoms with Gasteiger partial charge < -0.3 is 9.47 Å². The molecule has 2 heterocycles. The summed E-state index contributed by atoms with van der Waals surface area (Å²) in [5.41, 5.74) is 2.51. The lowest BCUT2D eigenvalue weighted by molar-refractivity contribution is -0.227. The first-order chi connectivity index (χ1) is 7.20. The molecule has 2 aliphatic rings. The number of hydrogen-bond donors (Lipinski definition) is 0. The fourth-order valence-corrected chi connectivity index (χ4v) is 2.44. The van der Waals surface area contributed by atoms with E-state index in [-0.39, 0.29) is 5.79 Å². The first-order valence-corrected chi connectivity index (χ1v) is 5.49. The Balaban J connectivity index is 1.74. The molecule has 1 spiro atoms. The zero-order valence-electron chi connectivity index (χ0n) is 9.19. The van der Waals surface area contributed by atoms with Crippen molar-refractivity contribution in [1.82, 2.24) is 9.78 Å². The maximum absolute atomic E-state index is 5.61. The van der Waals surface area contributed by atoms with E-state index in [4.69, 9.17) is 9.47 Å². The largest absolute Gasteiger partial charge is 0.347 e. The van der Waals surface area contributed by atoms with Crippen LogP contribution in [0, 0.1) is 13.8 Å². The van der Waals surface area contributed by atoms with E-state index in [2.05, 4.69) is 23.6 Å². The van der Waals surface area contributed by atoms with Crippen molar-refractivity contribution in [3.8, 4) is 0 Å². The first-order valence-electron chi connectivity index (χ1n) is 5.49. The molecule has 1 aromatic heterocycles. The molecule has 82 valence electrons. The van der Waals surface area contributed by atoms with Gasteiger partial charge in [-0.25, -0.2) is 0 Å².